The number of amides is 2. The van der Waals surface area contributed by atoms with Crippen LogP contribution in [0.25, 0.3) is 16.5 Å². The van der Waals surface area contributed by atoms with Crippen molar-refractivity contribution in [2.75, 3.05) is 12.4 Å². The van der Waals surface area contributed by atoms with Crippen molar-refractivity contribution in [2.24, 2.45) is 0 Å². The first-order chi connectivity index (χ1) is 13.1. The van der Waals surface area contributed by atoms with Crippen molar-refractivity contribution in [1.82, 2.24) is 5.32 Å². The molecule has 1 heterocycles. The molecule has 0 aliphatic rings. The second-order valence-corrected chi connectivity index (χ2v) is 7.19. The van der Waals surface area contributed by atoms with Gasteiger partial charge in [0.1, 0.15) is 0 Å². The Kier molecular flexibility index (Phi) is 6.06. The Morgan fingerprint density at radius 1 is 1.04 bits per heavy atom. The molecule has 0 saturated carbocycles. The van der Waals surface area contributed by atoms with Crippen molar-refractivity contribution in [3.8, 4) is 10.4 Å². The first-order valence-electron chi connectivity index (χ1n) is 8.23. The van der Waals surface area contributed by atoms with Crippen molar-refractivity contribution in [3.05, 3.63) is 82.2 Å². The molecule has 6 heteroatoms. The van der Waals surface area contributed by atoms with Crippen LogP contribution in [-0.4, -0.2) is 18.9 Å². The average molecular weight is 397 g/mol. The summed E-state index contributed by atoms with van der Waals surface area (Å²) in [7, 11) is 1.56. The van der Waals surface area contributed by atoms with Crippen molar-refractivity contribution in [1.29, 1.82) is 0 Å². The van der Waals surface area contributed by atoms with Gasteiger partial charge in [-0.3, -0.25) is 9.59 Å². The standard InChI is InChI=1S/C21H17ClN2O2S/c1-23-21(26)14-5-4-6-15(13-14)24-20(25)12-10-16-9-11-19(27-16)17-7-2-3-8-18(17)22/h2-13H,1H3,(H,23,26)(H,24,25)/b12-10+. The highest BCUT2D eigenvalue weighted by molar-refractivity contribution is 7.16. The molecule has 1 aromatic heterocycles. The lowest BCUT2D eigenvalue weighted by Gasteiger charge is -2.04. The summed E-state index contributed by atoms with van der Waals surface area (Å²) in [6.07, 6.45) is 3.22. The van der Waals surface area contributed by atoms with Crippen molar-refractivity contribution >= 4 is 46.5 Å². The summed E-state index contributed by atoms with van der Waals surface area (Å²) in [6, 6.07) is 18.4. The minimum absolute atomic E-state index is 0.202. The first-order valence-corrected chi connectivity index (χ1v) is 9.42. The van der Waals surface area contributed by atoms with Crippen LogP contribution >= 0.6 is 22.9 Å². The van der Waals surface area contributed by atoms with E-state index in [1.165, 1.54) is 6.08 Å². The Bertz CT molecular complexity index is 1010. The molecule has 2 aromatic carbocycles. The fourth-order valence-electron chi connectivity index (χ4n) is 2.47. The summed E-state index contributed by atoms with van der Waals surface area (Å²) >= 11 is 7.78. The van der Waals surface area contributed by atoms with E-state index in [1.54, 1.807) is 48.7 Å². The van der Waals surface area contributed by atoms with Crippen molar-refractivity contribution in [2.45, 2.75) is 0 Å². The Morgan fingerprint density at radius 2 is 1.85 bits per heavy atom. The highest BCUT2D eigenvalue weighted by Gasteiger charge is 2.07. The molecule has 0 aliphatic carbocycles. The third kappa shape index (κ3) is 4.84. The van der Waals surface area contributed by atoms with E-state index < -0.39 is 0 Å². The fourth-order valence-corrected chi connectivity index (χ4v) is 3.72. The molecule has 27 heavy (non-hydrogen) atoms. The Hall–Kier alpha value is -2.89. The van der Waals surface area contributed by atoms with Crippen LogP contribution < -0.4 is 10.6 Å². The maximum atomic E-state index is 12.2. The minimum Gasteiger partial charge on any atom is -0.355 e. The van der Waals surface area contributed by atoms with Gasteiger partial charge < -0.3 is 10.6 Å². The van der Waals surface area contributed by atoms with Gasteiger partial charge in [-0.05, 0) is 42.5 Å². The summed E-state index contributed by atoms with van der Waals surface area (Å²) in [6.45, 7) is 0. The predicted molar refractivity (Wildman–Crippen MR) is 112 cm³/mol. The van der Waals surface area contributed by atoms with Crippen LogP contribution in [0.3, 0.4) is 0 Å². The van der Waals surface area contributed by atoms with E-state index in [0.717, 1.165) is 15.3 Å². The number of hydrogen-bond donors (Lipinski definition) is 2. The number of anilines is 1. The van der Waals surface area contributed by atoms with Gasteiger partial charge in [-0.25, -0.2) is 0 Å². The quantitative estimate of drug-likeness (QED) is 0.591. The van der Waals surface area contributed by atoms with Gasteiger partial charge in [0.25, 0.3) is 5.91 Å². The number of carbonyl (C=O) groups excluding carboxylic acids is 2. The Labute approximate surface area is 166 Å². The van der Waals surface area contributed by atoms with Crippen LogP contribution in [0.1, 0.15) is 15.2 Å². The molecule has 2 amide bonds. The minimum atomic E-state index is -0.267. The molecule has 3 aromatic rings. The molecule has 0 radical (unpaired) electrons. The van der Waals surface area contributed by atoms with Gasteiger partial charge in [-0.2, -0.15) is 0 Å². The highest BCUT2D eigenvalue weighted by atomic mass is 35.5. The fraction of sp³-hybridized carbons (Fsp3) is 0.0476. The van der Waals surface area contributed by atoms with Crippen LogP contribution in [0.4, 0.5) is 5.69 Å². The summed E-state index contributed by atoms with van der Waals surface area (Å²) in [5.41, 5.74) is 2.02. The lowest BCUT2D eigenvalue weighted by Crippen LogP contribution is -2.18. The molecule has 0 aliphatic heterocycles. The molecule has 0 atom stereocenters. The lowest BCUT2D eigenvalue weighted by molar-refractivity contribution is -0.111. The molecule has 3 rings (SSSR count). The normalized spacial score (nSPS) is 10.7. The zero-order chi connectivity index (χ0) is 19.2. The largest absolute Gasteiger partial charge is 0.355 e. The smallest absolute Gasteiger partial charge is 0.251 e. The Balaban J connectivity index is 1.67. The second-order valence-electron chi connectivity index (χ2n) is 5.66. The molecule has 0 saturated heterocycles. The first kappa shape index (κ1) is 18.9. The number of halogens is 1. The maximum Gasteiger partial charge on any atom is 0.251 e. The molecular formula is C21H17ClN2O2S. The van der Waals surface area contributed by atoms with E-state index in [-0.39, 0.29) is 11.8 Å². The highest BCUT2D eigenvalue weighted by Crippen LogP contribution is 2.33. The third-order valence-electron chi connectivity index (χ3n) is 3.78. The average Bonchev–Trinajstić information content (AvgIpc) is 3.15. The second kappa shape index (κ2) is 8.66. The van der Waals surface area contributed by atoms with Crippen molar-refractivity contribution in [3.63, 3.8) is 0 Å². The number of benzene rings is 2. The molecule has 0 unspecified atom stereocenters. The van der Waals surface area contributed by atoms with E-state index in [9.17, 15) is 9.59 Å². The third-order valence-corrected chi connectivity index (χ3v) is 5.20. The SMILES string of the molecule is CNC(=O)c1cccc(NC(=O)/C=C/c2ccc(-c3ccccc3Cl)s2)c1. The number of hydrogen-bond acceptors (Lipinski definition) is 3. The molecule has 4 nitrogen and oxygen atoms in total. The number of nitrogens with one attached hydrogen (secondary N) is 2. The van der Waals surface area contributed by atoms with E-state index in [4.69, 9.17) is 11.6 Å². The van der Waals surface area contributed by atoms with E-state index in [1.807, 2.05) is 36.4 Å². The number of thiophene rings is 1. The van der Waals surface area contributed by atoms with E-state index in [2.05, 4.69) is 10.6 Å². The predicted octanol–water partition coefficient (Wildman–Crippen LogP) is 5.08. The zero-order valence-corrected chi connectivity index (χ0v) is 16.1. The van der Waals surface area contributed by atoms with Gasteiger partial charge in [-0.1, -0.05) is 35.9 Å². The lowest BCUT2D eigenvalue weighted by atomic mass is 10.2. The summed E-state index contributed by atoms with van der Waals surface area (Å²) in [4.78, 5) is 25.8. The molecule has 136 valence electrons. The molecule has 0 spiro atoms. The summed E-state index contributed by atoms with van der Waals surface area (Å²) < 4.78 is 0. The summed E-state index contributed by atoms with van der Waals surface area (Å²) in [5.74, 6) is -0.468. The van der Waals surface area contributed by atoms with Crippen LogP contribution in [0.2, 0.25) is 5.02 Å². The van der Waals surface area contributed by atoms with Gasteiger partial charge in [0.15, 0.2) is 0 Å². The topological polar surface area (TPSA) is 58.2 Å². The number of carbonyl (C=O) groups is 2. The van der Waals surface area contributed by atoms with Crippen LogP contribution in [0.5, 0.6) is 0 Å². The summed E-state index contributed by atoms with van der Waals surface area (Å²) in [5, 5.41) is 6.01. The molecule has 0 fully saturated rings. The zero-order valence-electron chi connectivity index (χ0n) is 14.5. The maximum absolute atomic E-state index is 12.2. The van der Waals surface area contributed by atoms with Crippen LogP contribution in [-0.2, 0) is 4.79 Å². The molecule has 2 N–H and O–H groups in total. The van der Waals surface area contributed by atoms with Gasteiger partial charge in [0.05, 0.1) is 0 Å². The van der Waals surface area contributed by atoms with Gasteiger partial charge in [0, 0.05) is 44.7 Å². The Morgan fingerprint density at radius 3 is 2.63 bits per heavy atom. The van der Waals surface area contributed by atoms with E-state index >= 15 is 0 Å². The van der Waals surface area contributed by atoms with E-state index in [0.29, 0.717) is 16.3 Å². The molecule has 0 bridgehead atoms. The van der Waals surface area contributed by atoms with Crippen LogP contribution in [0.15, 0.2) is 66.7 Å². The van der Waals surface area contributed by atoms with Gasteiger partial charge in [-0.15, -0.1) is 11.3 Å². The van der Waals surface area contributed by atoms with Gasteiger partial charge in [0.2, 0.25) is 5.91 Å². The van der Waals surface area contributed by atoms with Gasteiger partial charge >= 0.3 is 0 Å². The monoisotopic (exact) mass is 396 g/mol. The van der Waals surface area contributed by atoms with Crippen molar-refractivity contribution < 1.29 is 9.59 Å². The van der Waals surface area contributed by atoms with Crippen LogP contribution in [0, 0.1) is 0 Å². The number of rotatable bonds is 5. The molecular weight excluding hydrogens is 380 g/mol.